The van der Waals surface area contributed by atoms with Crippen molar-refractivity contribution in [3.63, 3.8) is 0 Å². The molecule has 0 N–H and O–H groups in total. The fourth-order valence-electron chi connectivity index (χ4n) is 7.48. The van der Waals surface area contributed by atoms with Gasteiger partial charge in [0.1, 0.15) is 5.01 Å². The minimum Gasteiger partial charge on any atom is -0.310 e. The number of para-hydroxylation sites is 3. The molecule has 1 aliphatic rings. The second-order valence-corrected chi connectivity index (χ2v) is 14.2. The molecule has 7 aromatic carbocycles. The van der Waals surface area contributed by atoms with E-state index in [1.807, 2.05) is 0 Å². The van der Waals surface area contributed by atoms with E-state index in [1.54, 1.807) is 11.3 Å². The Morgan fingerprint density at radius 1 is 0.480 bits per heavy atom. The number of thiazole rings is 1. The van der Waals surface area contributed by atoms with Crippen molar-refractivity contribution in [3.05, 3.63) is 187 Å². The van der Waals surface area contributed by atoms with Gasteiger partial charge < -0.3 is 9.80 Å². The number of hydrogen-bond acceptors (Lipinski definition) is 4. The minimum absolute atomic E-state index is 0.187. The van der Waals surface area contributed by atoms with Gasteiger partial charge in [0.2, 0.25) is 0 Å². The molecule has 1 aliphatic carbocycles. The smallest absolute Gasteiger partial charge is 0.124 e. The van der Waals surface area contributed by atoms with Crippen LogP contribution in [0.4, 0.5) is 34.1 Å². The van der Waals surface area contributed by atoms with Crippen molar-refractivity contribution >= 4 is 55.7 Å². The Morgan fingerprint density at radius 3 is 1.60 bits per heavy atom. The van der Waals surface area contributed by atoms with Crippen LogP contribution < -0.4 is 9.80 Å². The first kappa shape index (κ1) is 30.1. The van der Waals surface area contributed by atoms with Crippen LogP contribution in [0.2, 0.25) is 0 Å². The number of fused-ring (bicyclic) bond motifs is 4. The van der Waals surface area contributed by atoms with Crippen LogP contribution in [0.25, 0.3) is 31.9 Å². The highest BCUT2D eigenvalue weighted by atomic mass is 32.1. The van der Waals surface area contributed by atoms with Crippen molar-refractivity contribution in [2.45, 2.75) is 19.3 Å². The molecular formula is C46H35N3S. The van der Waals surface area contributed by atoms with E-state index < -0.39 is 0 Å². The van der Waals surface area contributed by atoms with E-state index in [2.05, 4.69) is 200 Å². The first-order valence-corrected chi connectivity index (χ1v) is 17.9. The van der Waals surface area contributed by atoms with Crippen LogP contribution in [0.5, 0.6) is 0 Å². The highest BCUT2D eigenvalue weighted by molar-refractivity contribution is 7.22. The minimum atomic E-state index is -0.187. The number of rotatable bonds is 7. The summed E-state index contributed by atoms with van der Waals surface area (Å²) in [5.74, 6) is 0. The third kappa shape index (κ3) is 4.99. The van der Waals surface area contributed by atoms with E-state index in [9.17, 15) is 0 Å². The molecule has 1 heterocycles. The quantitative estimate of drug-likeness (QED) is 0.169. The second kappa shape index (κ2) is 12.2. The van der Waals surface area contributed by atoms with E-state index in [0.29, 0.717) is 0 Å². The molecule has 4 heteroatoms. The van der Waals surface area contributed by atoms with E-state index in [4.69, 9.17) is 4.98 Å². The molecule has 0 fully saturated rings. The molecule has 0 aliphatic heterocycles. The van der Waals surface area contributed by atoms with Crippen LogP contribution in [-0.2, 0) is 5.41 Å². The van der Waals surface area contributed by atoms with Crippen LogP contribution >= 0.6 is 11.3 Å². The first-order chi connectivity index (χ1) is 24.6. The monoisotopic (exact) mass is 661 g/mol. The van der Waals surface area contributed by atoms with Crippen molar-refractivity contribution in [3.8, 4) is 21.7 Å². The SMILES string of the molecule is CC1(C)c2ccccc2-c2c1cc1nc(-c3ccccc3)sc1c2N(c1ccccc1)c1cccc(N(c2ccccc2)c2ccccc2)c1. The molecule has 9 rings (SSSR count). The Labute approximate surface area is 297 Å². The van der Waals surface area contributed by atoms with Gasteiger partial charge in [-0.3, -0.25) is 0 Å². The molecule has 3 nitrogen and oxygen atoms in total. The molecule has 0 atom stereocenters. The van der Waals surface area contributed by atoms with Gasteiger partial charge in [-0.05, 0) is 77.4 Å². The average molecular weight is 662 g/mol. The molecule has 50 heavy (non-hydrogen) atoms. The maximum Gasteiger partial charge on any atom is 0.124 e. The molecule has 0 unspecified atom stereocenters. The van der Waals surface area contributed by atoms with Gasteiger partial charge in [-0.1, -0.05) is 129 Å². The van der Waals surface area contributed by atoms with Gasteiger partial charge in [0.05, 0.1) is 15.9 Å². The Hall–Kier alpha value is -5.97. The molecule has 0 bridgehead atoms. The van der Waals surface area contributed by atoms with Gasteiger partial charge in [-0.15, -0.1) is 11.3 Å². The average Bonchev–Trinajstić information content (AvgIpc) is 3.70. The second-order valence-electron chi connectivity index (χ2n) is 13.2. The third-order valence-electron chi connectivity index (χ3n) is 9.83. The molecule has 0 radical (unpaired) electrons. The van der Waals surface area contributed by atoms with Gasteiger partial charge in [0, 0.05) is 45.0 Å². The summed E-state index contributed by atoms with van der Waals surface area (Å²) in [4.78, 5) is 10.1. The first-order valence-electron chi connectivity index (χ1n) is 17.1. The van der Waals surface area contributed by atoms with E-state index in [0.717, 1.165) is 44.5 Å². The summed E-state index contributed by atoms with van der Waals surface area (Å²) in [5.41, 5.74) is 13.8. The lowest BCUT2D eigenvalue weighted by Gasteiger charge is -2.31. The lowest BCUT2D eigenvalue weighted by Crippen LogP contribution is -2.16. The van der Waals surface area contributed by atoms with Gasteiger partial charge >= 0.3 is 0 Å². The summed E-state index contributed by atoms with van der Waals surface area (Å²) in [6.45, 7) is 4.70. The molecule has 240 valence electrons. The van der Waals surface area contributed by atoms with Crippen molar-refractivity contribution in [2.24, 2.45) is 0 Å². The van der Waals surface area contributed by atoms with Crippen molar-refractivity contribution in [1.82, 2.24) is 4.98 Å². The summed E-state index contributed by atoms with van der Waals surface area (Å²) in [5, 5.41) is 1.03. The highest BCUT2D eigenvalue weighted by Gasteiger charge is 2.39. The lowest BCUT2D eigenvalue weighted by atomic mass is 9.82. The number of hydrogen-bond donors (Lipinski definition) is 0. The van der Waals surface area contributed by atoms with Crippen molar-refractivity contribution in [2.75, 3.05) is 9.80 Å². The number of aromatic nitrogens is 1. The fourth-order valence-corrected chi connectivity index (χ4v) is 8.57. The van der Waals surface area contributed by atoms with E-state index in [1.165, 1.54) is 32.6 Å². The summed E-state index contributed by atoms with van der Waals surface area (Å²) in [6.07, 6.45) is 0. The largest absolute Gasteiger partial charge is 0.310 e. The fraction of sp³-hybridized carbons (Fsp3) is 0.0652. The maximum absolute atomic E-state index is 5.33. The molecular weight excluding hydrogens is 627 g/mol. The topological polar surface area (TPSA) is 19.4 Å². The Balaban J connectivity index is 1.34. The zero-order valence-corrected chi connectivity index (χ0v) is 28.8. The Bertz CT molecular complexity index is 2410. The van der Waals surface area contributed by atoms with Gasteiger partial charge in [0.15, 0.2) is 0 Å². The Kier molecular flexibility index (Phi) is 7.33. The molecule has 8 aromatic rings. The predicted molar refractivity (Wildman–Crippen MR) is 212 cm³/mol. The van der Waals surface area contributed by atoms with Crippen LogP contribution in [0.3, 0.4) is 0 Å². The maximum atomic E-state index is 5.33. The Morgan fingerprint density at radius 2 is 0.980 bits per heavy atom. The van der Waals surface area contributed by atoms with Gasteiger partial charge in [-0.2, -0.15) is 0 Å². The van der Waals surface area contributed by atoms with Crippen molar-refractivity contribution < 1.29 is 0 Å². The summed E-state index contributed by atoms with van der Waals surface area (Å²) in [7, 11) is 0. The van der Waals surface area contributed by atoms with Crippen LogP contribution in [0.15, 0.2) is 176 Å². The number of benzene rings is 7. The van der Waals surface area contributed by atoms with E-state index in [-0.39, 0.29) is 5.41 Å². The highest BCUT2D eigenvalue weighted by Crippen LogP contribution is 2.58. The van der Waals surface area contributed by atoms with Crippen molar-refractivity contribution in [1.29, 1.82) is 0 Å². The number of anilines is 6. The molecule has 0 saturated carbocycles. The zero-order chi connectivity index (χ0) is 33.7. The standard InChI is InChI=1S/C46H35N3S/c1-46(2)39-29-16-15-28-38(39)42-40(46)31-41-44(50-45(47-41)32-18-7-3-8-19-32)43(42)49(35-24-13-6-14-25-35)37-27-17-26-36(30-37)48(33-20-9-4-10-21-33)34-22-11-5-12-23-34/h3-31H,1-2H3. The molecule has 1 aromatic heterocycles. The third-order valence-corrected chi connectivity index (χ3v) is 11.0. The zero-order valence-electron chi connectivity index (χ0n) is 28.0. The van der Waals surface area contributed by atoms with Crippen LogP contribution in [0, 0.1) is 0 Å². The summed E-state index contributed by atoms with van der Waals surface area (Å²) in [6, 6.07) is 62.8. The van der Waals surface area contributed by atoms with Crippen LogP contribution in [-0.4, -0.2) is 4.98 Å². The van der Waals surface area contributed by atoms with E-state index >= 15 is 0 Å². The van der Waals surface area contributed by atoms with Gasteiger partial charge in [-0.25, -0.2) is 4.98 Å². The predicted octanol–water partition coefficient (Wildman–Crippen LogP) is 13.2. The lowest BCUT2D eigenvalue weighted by molar-refractivity contribution is 0.661. The van der Waals surface area contributed by atoms with Gasteiger partial charge in [0.25, 0.3) is 0 Å². The molecule has 0 amide bonds. The molecule has 0 spiro atoms. The van der Waals surface area contributed by atoms with Crippen LogP contribution in [0.1, 0.15) is 25.0 Å². The summed E-state index contributed by atoms with van der Waals surface area (Å²) >= 11 is 1.78. The normalized spacial score (nSPS) is 12.8. The number of nitrogens with zero attached hydrogens (tertiary/aromatic N) is 3. The molecule has 0 saturated heterocycles. The summed E-state index contributed by atoms with van der Waals surface area (Å²) < 4.78 is 1.17.